The molecular formula is C17H17NO2. The molecule has 0 atom stereocenters. The summed E-state index contributed by atoms with van der Waals surface area (Å²) in [5.74, 6) is 1.53. The van der Waals surface area contributed by atoms with E-state index in [1.807, 2.05) is 55.7 Å². The van der Waals surface area contributed by atoms with Gasteiger partial charge in [0.1, 0.15) is 6.61 Å². The average Bonchev–Trinajstić information content (AvgIpc) is 2.86. The van der Waals surface area contributed by atoms with Crippen LogP contribution in [0.1, 0.15) is 5.56 Å². The third-order valence-corrected chi connectivity index (χ3v) is 3.41. The summed E-state index contributed by atoms with van der Waals surface area (Å²) in [4.78, 5) is 0. The van der Waals surface area contributed by atoms with Gasteiger partial charge in [0, 0.05) is 24.7 Å². The van der Waals surface area contributed by atoms with Gasteiger partial charge < -0.3 is 14.0 Å². The molecule has 0 amide bonds. The van der Waals surface area contributed by atoms with Crippen molar-refractivity contribution in [3.8, 4) is 11.5 Å². The van der Waals surface area contributed by atoms with Crippen LogP contribution in [0, 0.1) is 0 Å². The second-order valence-electron chi connectivity index (χ2n) is 4.76. The lowest BCUT2D eigenvalue weighted by atomic mass is 10.2. The molecule has 0 unspecified atom stereocenters. The third-order valence-electron chi connectivity index (χ3n) is 3.41. The number of aromatic nitrogens is 1. The van der Waals surface area contributed by atoms with Crippen LogP contribution < -0.4 is 9.47 Å². The van der Waals surface area contributed by atoms with Gasteiger partial charge in [-0.2, -0.15) is 0 Å². The summed E-state index contributed by atoms with van der Waals surface area (Å²) in [6.07, 6.45) is 2.03. The molecule has 102 valence electrons. The normalized spacial score (nSPS) is 10.7. The molecular weight excluding hydrogens is 250 g/mol. The summed E-state index contributed by atoms with van der Waals surface area (Å²) in [6.45, 7) is 0.537. The molecule has 1 heterocycles. The van der Waals surface area contributed by atoms with Crippen LogP contribution in [0.4, 0.5) is 0 Å². The second kappa shape index (κ2) is 5.29. The number of hydrogen-bond acceptors (Lipinski definition) is 2. The van der Waals surface area contributed by atoms with Gasteiger partial charge in [-0.3, -0.25) is 0 Å². The maximum absolute atomic E-state index is 5.90. The van der Waals surface area contributed by atoms with Crippen LogP contribution in [-0.2, 0) is 13.7 Å². The van der Waals surface area contributed by atoms with Gasteiger partial charge in [-0.05, 0) is 17.7 Å². The number of methoxy groups -OCH3 is 1. The van der Waals surface area contributed by atoms with Crippen molar-refractivity contribution in [3.63, 3.8) is 0 Å². The van der Waals surface area contributed by atoms with Crippen molar-refractivity contribution in [2.24, 2.45) is 7.05 Å². The first kappa shape index (κ1) is 12.6. The molecule has 0 bridgehead atoms. The van der Waals surface area contributed by atoms with Gasteiger partial charge in [-0.15, -0.1) is 0 Å². The van der Waals surface area contributed by atoms with Crippen molar-refractivity contribution in [2.75, 3.05) is 7.11 Å². The Morgan fingerprint density at radius 2 is 1.80 bits per heavy atom. The van der Waals surface area contributed by atoms with Crippen LogP contribution in [0.25, 0.3) is 10.9 Å². The number of benzene rings is 2. The molecule has 20 heavy (non-hydrogen) atoms. The first-order valence-corrected chi connectivity index (χ1v) is 6.58. The second-order valence-corrected chi connectivity index (χ2v) is 4.76. The lowest BCUT2D eigenvalue weighted by molar-refractivity contribution is 0.285. The molecule has 0 aliphatic carbocycles. The fraction of sp³-hybridized carbons (Fsp3) is 0.176. The fourth-order valence-corrected chi connectivity index (χ4v) is 2.28. The van der Waals surface area contributed by atoms with Gasteiger partial charge in [0.15, 0.2) is 11.5 Å². The maximum atomic E-state index is 5.90. The summed E-state index contributed by atoms with van der Waals surface area (Å²) in [5.41, 5.74) is 2.27. The zero-order valence-electron chi connectivity index (χ0n) is 11.7. The fourth-order valence-electron chi connectivity index (χ4n) is 2.28. The molecule has 3 aromatic rings. The van der Waals surface area contributed by atoms with Gasteiger partial charge in [0.05, 0.1) is 12.6 Å². The van der Waals surface area contributed by atoms with Gasteiger partial charge in [-0.25, -0.2) is 0 Å². The predicted molar refractivity (Wildman–Crippen MR) is 80.2 cm³/mol. The van der Waals surface area contributed by atoms with Crippen LogP contribution in [-0.4, -0.2) is 11.7 Å². The number of fused-ring (bicyclic) bond motifs is 1. The van der Waals surface area contributed by atoms with E-state index < -0.39 is 0 Å². The zero-order chi connectivity index (χ0) is 13.9. The van der Waals surface area contributed by atoms with Crippen LogP contribution in [0.15, 0.2) is 54.7 Å². The maximum Gasteiger partial charge on any atom is 0.162 e. The Balaban J connectivity index is 1.90. The molecule has 0 fully saturated rings. The van der Waals surface area contributed by atoms with Gasteiger partial charge in [0.2, 0.25) is 0 Å². The predicted octanol–water partition coefficient (Wildman–Crippen LogP) is 3.77. The number of rotatable bonds is 4. The van der Waals surface area contributed by atoms with Crippen LogP contribution in [0.3, 0.4) is 0 Å². The Morgan fingerprint density at radius 3 is 2.55 bits per heavy atom. The minimum Gasteiger partial charge on any atom is -0.493 e. The van der Waals surface area contributed by atoms with E-state index in [4.69, 9.17) is 9.47 Å². The molecule has 0 radical (unpaired) electrons. The van der Waals surface area contributed by atoms with E-state index >= 15 is 0 Å². The van der Waals surface area contributed by atoms with E-state index in [0.29, 0.717) is 6.61 Å². The number of aryl methyl sites for hydroxylation is 1. The molecule has 0 spiro atoms. The summed E-state index contributed by atoms with van der Waals surface area (Å²) >= 11 is 0. The average molecular weight is 267 g/mol. The molecule has 0 saturated carbocycles. The van der Waals surface area contributed by atoms with Gasteiger partial charge in [0.25, 0.3) is 0 Å². The molecule has 0 saturated heterocycles. The topological polar surface area (TPSA) is 23.4 Å². The van der Waals surface area contributed by atoms with Gasteiger partial charge in [-0.1, -0.05) is 30.3 Å². The van der Waals surface area contributed by atoms with E-state index in [1.54, 1.807) is 7.11 Å². The van der Waals surface area contributed by atoms with Crippen molar-refractivity contribution in [2.45, 2.75) is 6.61 Å². The Bertz CT molecular complexity index is 716. The minimum atomic E-state index is 0.537. The van der Waals surface area contributed by atoms with E-state index in [-0.39, 0.29) is 0 Å². The Hall–Kier alpha value is -2.42. The van der Waals surface area contributed by atoms with Crippen molar-refractivity contribution < 1.29 is 9.47 Å². The van der Waals surface area contributed by atoms with Crippen molar-refractivity contribution in [3.05, 3.63) is 60.3 Å². The van der Waals surface area contributed by atoms with Crippen LogP contribution in [0.2, 0.25) is 0 Å². The summed E-state index contributed by atoms with van der Waals surface area (Å²) in [6, 6.07) is 16.2. The monoisotopic (exact) mass is 267 g/mol. The SMILES string of the molecule is COc1cc2c(ccn2C)cc1OCc1ccccc1. The van der Waals surface area contributed by atoms with Gasteiger partial charge >= 0.3 is 0 Å². The van der Waals surface area contributed by atoms with E-state index in [1.165, 1.54) is 0 Å². The van der Waals surface area contributed by atoms with Crippen molar-refractivity contribution in [1.29, 1.82) is 0 Å². The molecule has 0 aliphatic heterocycles. The van der Waals surface area contributed by atoms with Crippen LogP contribution >= 0.6 is 0 Å². The van der Waals surface area contributed by atoms with Crippen LogP contribution in [0.5, 0.6) is 11.5 Å². The van der Waals surface area contributed by atoms with Crippen molar-refractivity contribution in [1.82, 2.24) is 4.57 Å². The number of hydrogen-bond donors (Lipinski definition) is 0. The summed E-state index contributed by atoms with van der Waals surface area (Å²) in [7, 11) is 3.69. The Morgan fingerprint density at radius 1 is 1.00 bits per heavy atom. The molecule has 3 nitrogen and oxygen atoms in total. The summed E-state index contributed by atoms with van der Waals surface area (Å²) < 4.78 is 13.4. The highest BCUT2D eigenvalue weighted by atomic mass is 16.5. The standard InChI is InChI=1S/C17H17NO2/c1-18-9-8-14-10-17(16(19-2)11-15(14)18)20-12-13-6-4-3-5-7-13/h3-11H,12H2,1-2H3. The third kappa shape index (κ3) is 2.35. The van der Waals surface area contributed by atoms with Crippen molar-refractivity contribution >= 4 is 10.9 Å². The Kier molecular flexibility index (Phi) is 3.33. The highest BCUT2D eigenvalue weighted by Crippen LogP contribution is 2.33. The van der Waals surface area contributed by atoms with E-state index in [0.717, 1.165) is 28.0 Å². The minimum absolute atomic E-state index is 0.537. The van der Waals surface area contributed by atoms with E-state index in [2.05, 4.69) is 10.6 Å². The smallest absolute Gasteiger partial charge is 0.162 e. The zero-order valence-corrected chi connectivity index (χ0v) is 11.7. The quantitative estimate of drug-likeness (QED) is 0.718. The molecule has 1 aromatic heterocycles. The number of nitrogens with zero attached hydrogens (tertiary/aromatic N) is 1. The number of ether oxygens (including phenoxy) is 2. The largest absolute Gasteiger partial charge is 0.493 e. The lowest BCUT2D eigenvalue weighted by Gasteiger charge is -2.11. The molecule has 0 N–H and O–H groups in total. The highest BCUT2D eigenvalue weighted by molar-refractivity contribution is 5.84. The summed E-state index contributed by atoms with van der Waals surface area (Å²) in [5, 5.41) is 1.15. The highest BCUT2D eigenvalue weighted by Gasteiger charge is 2.09. The Labute approximate surface area is 118 Å². The first-order valence-electron chi connectivity index (χ1n) is 6.58. The lowest BCUT2D eigenvalue weighted by Crippen LogP contribution is -1.98. The van der Waals surface area contributed by atoms with E-state index in [9.17, 15) is 0 Å². The molecule has 3 heteroatoms. The molecule has 0 aliphatic rings. The molecule has 2 aromatic carbocycles. The molecule has 3 rings (SSSR count). The first-order chi connectivity index (χ1) is 9.78.